The first-order chi connectivity index (χ1) is 6.18. The minimum atomic E-state index is -0.995. The summed E-state index contributed by atoms with van der Waals surface area (Å²) in [6, 6.07) is 3.18. The van der Waals surface area contributed by atoms with Crippen LogP contribution in [0.1, 0.15) is 15.9 Å². The number of benzene rings is 1. The molecule has 0 unspecified atom stereocenters. The Kier molecular flexibility index (Phi) is 1.76. The largest absolute Gasteiger partial charge is 0.492 e. The van der Waals surface area contributed by atoms with E-state index >= 15 is 0 Å². The van der Waals surface area contributed by atoms with Crippen LogP contribution in [-0.4, -0.2) is 25.5 Å². The van der Waals surface area contributed by atoms with Crippen molar-refractivity contribution in [2.24, 2.45) is 0 Å². The van der Waals surface area contributed by atoms with Crippen molar-refractivity contribution in [1.82, 2.24) is 0 Å². The molecule has 1 heterocycles. The fourth-order valence-electron chi connectivity index (χ4n) is 1.49. The standard InChI is InChI=1S/C9H7BO3/c10-6-3-5-1-2-13-8(5)7(4-6)9(11)12/h3-4H,1-2H2,(H,11,12). The Morgan fingerprint density at radius 2 is 2.31 bits per heavy atom. The van der Waals surface area contributed by atoms with Gasteiger partial charge in [0, 0.05) is 6.42 Å². The van der Waals surface area contributed by atoms with Crippen molar-refractivity contribution < 1.29 is 14.6 Å². The molecule has 0 saturated heterocycles. The lowest BCUT2D eigenvalue weighted by atomic mass is 9.91. The number of rotatable bonds is 1. The van der Waals surface area contributed by atoms with E-state index < -0.39 is 5.97 Å². The number of aromatic carboxylic acids is 1. The van der Waals surface area contributed by atoms with Gasteiger partial charge in [-0.15, -0.1) is 0 Å². The van der Waals surface area contributed by atoms with Gasteiger partial charge in [-0.05, 0) is 5.56 Å². The molecule has 1 aromatic carbocycles. The van der Waals surface area contributed by atoms with Gasteiger partial charge in [0.15, 0.2) is 0 Å². The van der Waals surface area contributed by atoms with Gasteiger partial charge in [-0.1, -0.05) is 17.6 Å². The van der Waals surface area contributed by atoms with Gasteiger partial charge < -0.3 is 9.84 Å². The van der Waals surface area contributed by atoms with Gasteiger partial charge in [-0.3, -0.25) is 0 Å². The summed E-state index contributed by atoms with van der Waals surface area (Å²) in [7, 11) is 5.55. The number of ether oxygens (including phenoxy) is 1. The molecule has 13 heavy (non-hydrogen) atoms. The minimum absolute atomic E-state index is 0.160. The number of hydrogen-bond donors (Lipinski definition) is 1. The van der Waals surface area contributed by atoms with Gasteiger partial charge in [0.1, 0.15) is 19.2 Å². The smallest absolute Gasteiger partial charge is 0.339 e. The highest BCUT2D eigenvalue weighted by Crippen LogP contribution is 2.28. The van der Waals surface area contributed by atoms with Gasteiger partial charge in [0.05, 0.1) is 6.61 Å². The van der Waals surface area contributed by atoms with Crippen LogP contribution in [0.4, 0.5) is 0 Å². The van der Waals surface area contributed by atoms with E-state index in [0.717, 1.165) is 12.0 Å². The van der Waals surface area contributed by atoms with Crippen molar-refractivity contribution in [1.29, 1.82) is 0 Å². The van der Waals surface area contributed by atoms with E-state index in [9.17, 15) is 4.79 Å². The molecule has 0 amide bonds. The normalized spacial score (nSPS) is 13.5. The van der Waals surface area contributed by atoms with Crippen LogP contribution >= 0.6 is 0 Å². The third-order valence-corrected chi connectivity index (χ3v) is 2.04. The van der Waals surface area contributed by atoms with Crippen molar-refractivity contribution in [3.05, 3.63) is 23.3 Å². The van der Waals surface area contributed by atoms with Crippen LogP contribution in [0.15, 0.2) is 12.1 Å². The number of fused-ring (bicyclic) bond motifs is 1. The Morgan fingerprint density at radius 1 is 1.54 bits per heavy atom. The third-order valence-electron chi connectivity index (χ3n) is 2.04. The molecule has 0 fully saturated rings. The summed E-state index contributed by atoms with van der Waals surface area (Å²) in [6.07, 6.45) is 0.737. The molecule has 2 radical (unpaired) electrons. The molecule has 0 bridgehead atoms. The van der Waals surface area contributed by atoms with Crippen molar-refractivity contribution in [3.8, 4) is 5.75 Å². The minimum Gasteiger partial charge on any atom is -0.492 e. The summed E-state index contributed by atoms with van der Waals surface area (Å²) < 4.78 is 5.21. The van der Waals surface area contributed by atoms with Crippen LogP contribution in [0.2, 0.25) is 0 Å². The predicted molar refractivity (Wildman–Crippen MR) is 48.0 cm³/mol. The molecule has 2 rings (SSSR count). The first-order valence-electron chi connectivity index (χ1n) is 3.97. The second kappa shape index (κ2) is 2.80. The zero-order chi connectivity index (χ0) is 9.42. The highest BCUT2D eigenvalue weighted by molar-refractivity contribution is 6.32. The van der Waals surface area contributed by atoms with E-state index in [1.165, 1.54) is 6.07 Å². The van der Waals surface area contributed by atoms with Gasteiger partial charge >= 0.3 is 5.97 Å². The van der Waals surface area contributed by atoms with Gasteiger partial charge in [0.2, 0.25) is 0 Å². The molecule has 4 heteroatoms. The summed E-state index contributed by atoms with van der Waals surface area (Å²) in [5.74, 6) is -0.521. The summed E-state index contributed by atoms with van der Waals surface area (Å²) in [5, 5.41) is 8.84. The van der Waals surface area contributed by atoms with Crippen molar-refractivity contribution in [2.45, 2.75) is 6.42 Å². The second-order valence-corrected chi connectivity index (χ2v) is 2.96. The van der Waals surface area contributed by atoms with Crippen LogP contribution in [0, 0.1) is 0 Å². The lowest BCUT2D eigenvalue weighted by molar-refractivity contribution is 0.0693. The zero-order valence-corrected chi connectivity index (χ0v) is 6.91. The quantitative estimate of drug-likeness (QED) is 0.614. The second-order valence-electron chi connectivity index (χ2n) is 2.96. The predicted octanol–water partition coefficient (Wildman–Crippen LogP) is 0.113. The molecule has 1 N–H and O–H groups in total. The molecule has 64 valence electrons. The number of carboxylic acids is 1. The highest BCUT2D eigenvalue weighted by atomic mass is 16.5. The molecule has 1 aliphatic rings. The van der Waals surface area contributed by atoms with Crippen LogP contribution < -0.4 is 10.2 Å². The molecule has 0 spiro atoms. The molecule has 0 atom stereocenters. The van der Waals surface area contributed by atoms with Crippen molar-refractivity contribution in [2.75, 3.05) is 6.61 Å². The van der Waals surface area contributed by atoms with Crippen molar-refractivity contribution in [3.63, 3.8) is 0 Å². The first-order valence-corrected chi connectivity index (χ1v) is 3.97. The molecular formula is C9H7BO3. The van der Waals surface area contributed by atoms with Gasteiger partial charge in [-0.2, -0.15) is 0 Å². The van der Waals surface area contributed by atoms with E-state index in [1.54, 1.807) is 6.07 Å². The average molecular weight is 174 g/mol. The van der Waals surface area contributed by atoms with Crippen LogP contribution in [0.25, 0.3) is 0 Å². The maximum atomic E-state index is 10.8. The fraction of sp³-hybridized carbons (Fsp3) is 0.222. The molecule has 0 aromatic heterocycles. The average Bonchev–Trinajstić information content (AvgIpc) is 2.49. The Bertz CT molecular complexity index is 373. The molecule has 0 saturated carbocycles. The Balaban J connectivity index is 2.62. The van der Waals surface area contributed by atoms with Crippen LogP contribution in [0.3, 0.4) is 0 Å². The summed E-state index contributed by atoms with van der Waals surface area (Å²) >= 11 is 0. The fourth-order valence-corrected chi connectivity index (χ4v) is 1.49. The topological polar surface area (TPSA) is 46.5 Å². The zero-order valence-electron chi connectivity index (χ0n) is 6.91. The summed E-state index contributed by atoms with van der Waals surface area (Å²) in [4.78, 5) is 10.8. The molecular weight excluding hydrogens is 167 g/mol. The van der Waals surface area contributed by atoms with E-state index in [1.807, 2.05) is 0 Å². The summed E-state index contributed by atoms with van der Waals surface area (Å²) in [5.41, 5.74) is 1.52. The highest BCUT2D eigenvalue weighted by Gasteiger charge is 2.20. The Hall–Kier alpha value is -1.45. The SMILES string of the molecule is [B]c1cc2c(c(C(=O)O)c1)OCC2. The lowest BCUT2D eigenvalue weighted by Gasteiger charge is -2.05. The Labute approximate surface area is 76.7 Å². The van der Waals surface area contributed by atoms with Crippen LogP contribution in [0.5, 0.6) is 5.75 Å². The van der Waals surface area contributed by atoms with E-state index in [2.05, 4.69) is 0 Å². The molecule has 3 nitrogen and oxygen atoms in total. The van der Waals surface area contributed by atoms with E-state index in [4.69, 9.17) is 17.7 Å². The maximum Gasteiger partial charge on any atom is 0.339 e. The first kappa shape index (κ1) is 8.17. The van der Waals surface area contributed by atoms with Gasteiger partial charge in [-0.25, -0.2) is 4.79 Å². The molecule has 1 aliphatic heterocycles. The number of carboxylic acid groups (broad SMARTS) is 1. The number of carbonyl (C=O) groups is 1. The molecule has 0 aliphatic carbocycles. The van der Waals surface area contributed by atoms with Crippen LogP contribution in [-0.2, 0) is 6.42 Å². The summed E-state index contributed by atoms with van der Waals surface area (Å²) in [6.45, 7) is 0.541. The molecule has 1 aromatic rings. The lowest BCUT2D eigenvalue weighted by Crippen LogP contribution is -2.09. The Morgan fingerprint density at radius 3 is 3.00 bits per heavy atom. The maximum absolute atomic E-state index is 10.8. The number of hydrogen-bond acceptors (Lipinski definition) is 2. The van der Waals surface area contributed by atoms with E-state index in [-0.39, 0.29) is 5.56 Å². The van der Waals surface area contributed by atoms with Gasteiger partial charge in [0.25, 0.3) is 0 Å². The monoisotopic (exact) mass is 174 g/mol. The van der Waals surface area contributed by atoms with E-state index in [0.29, 0.717) is 17.8 Å². The van der Waals surface area contributed by atoms with Crippen molar-refractivity contribution >= 4 is 19.3 Å². The third kappa shape index (κ3) is 1.28.